The molecule has 19 heavy (non-hydrogen) atoms. The van der Waals surface area contributed by atoms with E-state index in [0.29, 0.717) is 12.4 Å². The molecule has 1 aromatic heterocycles. The first-order valence-electron chi connectivity index (χ1n) is 6.75. The van der Waals surface area contributed by atoms with Gasteiger partial charge in [0.2, 0.25) is 0 Å². The van der Waals surface area contributed by atoms with E-state index in [1.165, 1.54) is 0 Å². The summed E-state index contributed by atoms with van der Waals surface area (Å²) in [6, 6.07) is 0. The van der Waals surface area contributed by atoms with Crippen molar-refractivity contribution in [3.63, 3.8) is 0 Å². The van der Waals surface area contributed by atoms with Gasteiger partial charge in [0.05, 0.1) is 18.0 Å². The van der Waals surface area contributed by atoms with Gasteiger partial charge in [-0.15, -0.1) is 0 Å². The quantitative estimate of drug-likeness (QED) is 0.831. The average molecular weight is 268 g/mol. The Hall–Kier alpha value is -1.40. The van der Waals surface area contributed by atoms with E-state index in [1.807, 2.05) is 20.9 Å². The van der Waals surface area contributed by atoms with Gasteiger partial charge < -0.3 is 15.0 Å². The molecule has 0 radical (unpaired) electrons. The molecule has 108 valence electrons. The number of aliphatic hydroxyl groups excluding tert-OH is 1. The van der Waals surface area contributed by atoms with Crippen LogP contribution in [-0.2, 0) is 13.6 Å². The van der Waals surface area contributed by atoms with Crippen LogP contribution in [0.1, 0.15) is 36.6 Å². The molecule has 1 saturated heterocycles. The fourth-order valence-corrected chi connectivity index (χ4v) is 2.10. The number of carbonyl (C=O) groups is 1. The summed E-state index contributed by atoms with van der Waals surface area (Å²) in [5.74, 6) is 0.238. The minimum absolute atomic E-state index is 0.180. The van der Waals surface area contributed by atoms with Gasteiger partial charge in [0.25, 0.3) is 5.91 Å². The summed E-state index contributed by atoms with van der Waals surface area (Å²) in [6.07, 6.45) is 2.32. The monoisotopic (exact) mass is 268 g/mol. The van der Waals surface area contributed by atoms with Crippen molar-refractivity contribution in [3.8, 4) is 0 Å². The lowest BCUT2D eigenvalue weighted by molar-refractivity contribution is 0.0949. The molecule has 1 amide bonds. The summed E-state index contributed by atoms with van der Waals surface area (Å²) >= 11 is 0. The predicted molar refractivity (Wildman–Crippen MR) is 73.8 cm³/mol. The summed E-state index contributed by atoms with van der Waals surface area (Å²) in [6.45, 7) is 6.31. The first-order chi connectivity index (χ1) is 9.11. The van der Waals surface area contributed by atoms with Crippen LogP contribution in [0.15, 0.2) is 6.20 Å². The molecule has 2 rings (SSSR count). The largest absolute Gasteiger partial charge is 0.392 e. The maximum Gasteiger partial charge on any atom is 0.287 e. The van der Waals surface area contributed by atoms with Crippen molar-refractivity contribution in [2.45, 2.75) is 32.9 Å². The van der Waals surface area contributed by atoms with Crippen LogP contribution in [0.3, 0.4) is 0 Å². The van der Waals surface area contributed by atoms with E-state index in [4.69, 9.17) is 0 Å². The molecular formula is C13H24N4O2. The van der Waals surface area contributed by atoms with Crippen LogP contribution in [0.5, 0.6) is 0 Å². The Labute approximate surface area is 114 Å². The minimum atomic E-state index is -0.221. The first kappa shape index (κ1) is 15.7. The fourth-order valence-electron chi connectivity index (χ4n) is 2.10. The smallest absolute Gasteiger partial charge is 0.287 e. The summed E-state index contributed by atoms with van der Waals surface area (Å²) in [5.41, 5.74) is 0.984. The lowest BCUT2D eigenvalue weighted by Crippen LogP contribution is -2.25. The molecule has 1 atom stereocenters. The van der Waals surface area contributed by atoms with Crippen LogP contribution in [0.4, 0.5) is 0 Å². The predicted octanol–water partition coefficient (Wildman–Crippen LogP) is 0.373. The number of likely N-dealkylation sites (tertiary alicyclic amines) is 1. The number of aromatic nitrogens is 2. The summed E-state index contributed by atoms with van der Waals surface area (Å²) in [7, 11) is 3.42. The second-order valence-corrected chi connectivity index (χ2v) is 4.39. The number of rotatable bonds is 3. The number of aliphatic hydroxyl groups is 1. The number of nitrogens with zero attached hydrogens (tertiary/aromatic N) is 3. The number of nitrogens with one attached hydrogen (secondary N) is 1. The van der Waals surface area contributed by atoms with Gasteiger partial charge in [-0.25, -0.2) is 4.98 Å². The maximum absolute atomic E-state index is 11.5. The van der Waals surface area contributed by atoms with Gasteiger partial charge in [-0.05, 0) is 6.42 Å². The van der Waals surface area contributed by atoms with Gasteiger partial charge in [0.15, 0.2) is 5.82 Å². The van der Waals surface area contributed by atoms with E-state index >= 15 is 0 Å². The van der Waals surface area contributed by atoms with Gasteiger partial charge in [-0.2, -0.15) is 0 Å². The summed E-state index contributed by atoms with van der Waals surface area (Å²) < 4.78 is 1.80. The van der Waals surface area contributed by atoms with Crippen molar-refractivity contribution in [2.75, 3.05) is 20.1 Å². The minimum Gasteiger partial charge on any atom is -0.392 e. The van der Waals surface area contributed by atoms with Gasteiger partial charge in [-0.3, -0.25) is 9.69 Å². The molecule has 0 aromatic carbocycles. The zero-order chi connectivity index (χ0) is 14.4. The summed E-state index contributed by atoms with van der Waals surface area (Å²) in [4.78, 5) is 17.8. The Balaban J connectivity index is 0.000000861. The first-order valence-corrected chi connectivity index (χ1v) is 6.75. The molecule has 6 nitrogen and oxygen atoms in total. The molecule has 0 aliphatic carbocycles. The van der Waals surface area contributed by atoms with Crippen molar-refractivity contribution in [2.24, 2.45) is 7.05 Å². The third kappa shape index (κ3) is 3.78. The average Bonchev–Trinajstić information content (AvgIpc) is 2.99. The number of imidazole rings is 1. The fraction of sp³-hybridized carbons (Fsp3) is 0.692. The maximum atomic E-state index is 11.5. The van der Waals surface area contributed by atoms with Crippen molar-refractivity contribution >= 4 is 5.91 Å². The Morgan fingerprint density at radius 3 is 2.79 bits per heavy atom. The number of hydrogen-bond donors (Lipinski definition) is 2. The van der Waals surface area contributed by atoms with Crippen LogP contribution in [0.25, 0.3) is 0 Å². The van der Waals surface area contributed by atoms with Crippen molar-refractivity contribution in [1.82, 2.24) is 19.8 Å². The van der Waals surface area contributed by atoms with Crippen LogP contribution >= 0.6 is 0 Å². The van der Waals surface area contributed by atoms with Crippen LogP contribution in [-0.4, -0.2) is 51.7 Å². The van der Waals surface area contributed by atoms with Gasteiger partial charge in [-0.1, -0.05) is 13.8 Å². The zero-order valence-electron chi connectivity index (χ0n) is 12.2. The lowest BCUT2D eigenvalue weighted by Gasteiger charge is -2.15. The molecule has 1 aliphatic rings. The Bertz CT molecular complexity index is 417. The topological polar surface area (TPSA) is 70.4 Å². The standard InChI is InChI=1S/C11H18N4O2.C2H6/c1-12-11(17)10-13-5-8(14(10)2)6-15-4-3-9(16)7-15;1-2/h5,9,16H,3-4,6-7H2,1-2H3,(H,12,17);1-2H3. The summed E-state index contributed by atoms with van der Waals surface area (Å²) in [5, 5.41) is 12.0. The van der Waals surface area contributed by atoms with Crippen molar-refractivity contribution < 1.29 is 9.90 Å². The molecule has 0 bridgehead atoms. The van der Waals surface area contributed by atoms with Gasteiger partial charge >= 0.3 is 0 Å². The Morgan fingerprint density at radius 2 is 2.26 bits per heavy atom. The van der Waals surface area contributed by atoms with E-state index in [0.717, 1.165) is 25.2 Å². The SMILES string of the molecule is CC.CNC(=O)c1ncc(CN2CCC(O)C2)n1C. The Kier molecular flexibility index (Phi) is 5.98. The molecule has 2 N–H and O–H groups in total. The second kappa shape index (κ2) is 7.25. The van der Waals surface area contributed by atoms with Crippen LogP contribution in [0, 0.1) is 0 Å². The molecule has 2 heterocycles. The van der Waals surface area contributed by atoms with Gasteiger partial charge in [0.1, 0.15) is 0 Å². The third-order valence-electron chi connectivity index (χ3n) is 3.15. The molecule has 1 aliphatic heterocycles. The molecule has 6 heteroatoms. The highest BCUT2D eigenvalue weighted by atomic mass is 16.3. The van der Waals surface area contributed by atoms with Crippen molar-refractivity contribution in [3.05, 3.63) is 17.7 Å². The van der Waals surface area contributed by atoms with Gasteiger partial charge in [0, 0.05) is 33.7 Å². The highest BCUT2D eigenvalue weighted by Gasteiger charge is 2.22. The number of β-amino-alcohol motifs (C(OH)–C–C–N with tert-alkyl or cyclic N) is 1. The number of carbonyl (C=O) groups excluding carboxylic acids is 1. The third-order valence-corrected chi connectivity index (χ3v) is 3.15. The molecule has 0 spiro atoms. The lowest BCUT2D eigenvalue weighted by atomic mass is 10.3. The van der Waals surface area contributed by atoms with Crippen LogP contribution < -0.4 is 5.32 Å². The molecular weight excluding hydrogens is 244 g/mol. The molecule has 1 unspecified atom stereocenters. The van der Waals surface area contributed by atoms with E-state index < -0.39 is 0 Å². The second-order valence-electron chi connectivity index (χ2n) is 4.39. The molecule has 1 fully saturated rings. The highest BCUT2D eigenvalue weighted by Crippen LogP contribution is 2.13. The number of hydrogen-bond acceptors (Lipinski definition) is 4. The molecule has 0 saturated carbocycles. The van der Waals surface area contributed by atoms with E-state index in [9.17, 15) is 9.90 Å². The Morgan fingerprint density at radius 1 is 1.58 bits per heavy atom. The number of amides is 1. The van der Waals surface area contributed by atoms with E-state index in [1.54, 1.807) is 17.8 Å². The van der Waals surface area contributed by atoms with E-state index in [2.05, 4.69) is 15.2 Å². The van der Waals surface area contributed by atoms with E-state index in [-0.39, 0.29) is 12.0 Å². The zero-order valence-corrected chi connectivity index (χ0v) is 12.2. The normalized spacial score (nSPS) is 18.9. The highest BCUT2D eigenvalue weighted by molar-refractivity contribution is 5.90. The molecule has 1 aromatic rings. The van der Waals surface area contributed by atoms with Crippen molar-refractivity contribution in [1.29, 1.82) is 0 Å². The van der Waals surface area contributed by atoms with Crippen LogP contribution in [0.2, 0.25) is 0 Å².